The van der Waals surface area contributed by atoms with E-state index in [0.29, 0.717) is 37.6 Å². The maximum Gasteiger partial charge on any atom is 0.417 e. The van der Waals surface area contributed by atoms with E-state index >= 15 is 0 Å². The van der Waals surface area contributed by atoms with Crippen molar-refractivity contribution >= 4 is 50.5 Å². The van der Waals surface area contributed by atoms with E-state index < -0.39 is 28.2 Å². The number of carbonyl (C=O) groups is 1. The van der Waals surface area contributed by atoms with Gasteiger partial charge in [-0.1, -0.05) is 24.6 Å². The molecule has 3 heterocycles. The minimum Gasteiger partial charge on any atom is -0.377 e. The lowest BCUT2D eigenvalue weighted by Gasteiger charge is -2.17. The molecular formula is C22H20BrClF3N5O3. The zero-order valence-corrected chi connectivity index (χ0v) is 21.0. The molecule has 0 saturated carbocycles. The zero-order valence-electron chi connectivity index (χ0n) is 18.7. The van der Waals surface area contributed by atoms with Crippen molar-refractivity contribution in [3.05, 3.63) is 60.7 Å². The van der Waals surface area contributed by atoms with Crippen LogP contribution in [0.15, 0.2) is 27.5 Å². The number of nitrogens with one attached hydrogen (secondary N) is 1. The molecule has 4 rings (SSSR count). The van der Waals surface area contributed by atoms with Crippen LogP contribution in [-0.4, -0.2) is 38.3 Å². The summed E-state index contributed by atoms with van der Waals surface area (Å²) in [5, 5.41) is 6.43. The Balaban J connectivity index is 1.72. The molecule has 0 aliphatic carbocycles. The highest BCUT2D eigenvalue weighted by molar-refractivity contribution is 9.10. The van der Waals surface area contributed by atoms with E-state index in [-0.39, 0.29) is 28.0 Å². The second kappa shape index (κ2) is 9.75. The van der Waals surface area contributed by atoms with Crippen LogP contribution in [0.3, 0.4) is 0 Å². The van der Waals surface area contributed by atoms with Crippen molar-refractivity contribution in [2.24, 2.45) is 0 Å². The van der Waals surface area contributed by atoms with Gasteiger partial charge in [0.25, 0.3) is 5.56 Å². The minimum absolute atomic E-state index is 0.150. The number of hydrogen-bond donors (Lipinski definition) is 1. The van der Waals surface area contributed by atoms with Crippen molar-refractivity contribution < 1.29 is 22.7 Å². The number of hydrogen-bond acceptors (Lipinski definition) is 5. The molecule has 0 atom stereocenters. The molecule has 8 nitrogen and oxygen atoms in total. The summed E-state index contributed by atoms with van der Waals surface area (Å²) in [6, 6.07) is 1.96. The largest absolute Gasteiger partial charge is 0.417 e. The monoisotopic (exact) mass is 573 g/mol. The first kappa shape index (κ1) is 25.4. The Morgan fingerprint density at radius 2 is 2.09 bits per heavy atom. The number of benzene rings is 1. The highest BCUT2D eigenvalue weighted by Gasteiger charge is 2.34. The van der Waals surface area contributed by atoms with Crippen LogP contribution in [-0.2, 0) is 28.7 Å². The molecule has 2 aromatic heterocycles. The Bertz CT molecular complexity index is 1410. The van der Waals surface area contributed by atoms with Gasteiger partial charge in [0.05, 0.1) is 23.8 Å². The van der Waals surface area contributed by atoms with Crippen LogP contribution in [0.4, 0.5) is 18.9 Å². The van der Waals surface area contributed by atoms with Crippen molar-refractivity contribution in [2.75, 3.05) is 18.5 Å². The maximum absolute atomic E-state index is 13.1. The number of aryl methyl sites for hydroxylation is 1. The molecule has 0 spiro atoms. The van der Waals surface area contributed by atoms with Gasteiger partial charge in [-0.3, -0.25) is 9.59 Å². The van der Waals surface area contributed by atoms with Crippen LogP contribution < -0.4 is 10.9 Å². The molecule has 1 amide bonds. The summed E-state index contributed by atoms with van der Waals surface area (Å²) in [6.07, 6.45) is -1.78. The summed E-state index contributed by atoms with van der Waals surface area (Å²) in [5.74, 6) is 0.00532. The van der Waals surface area contributed by atoms with E-state index in [2.05, 4.69) is 31.3 Å². The molecule has 186 valence electrons. The molecule has 1 aliphatic rings. The molecule has 0 fully saturated rings. The third-order valence-corrected chi connectivity index (χ3v) is 6.68. The topological polar surface area (TPSA) is 90.5 Å². The van der Waals surface area contributed by atoms with Crippen LogP contribution in [0, 0.1) is 6.92 Å². The fourth-order valence-electron chi connectivity index (χ4n) is 3.82. The van der Waals surface area contributed by atoms with Gasteiger partial charge in [-0.25, -0.2) is 0 Å². The first-order chi connectivity index (χ1) is 16.5. The number of halogens is 5. The normalized spacial score (nSPS) is 14.3. The van der Waals surface area contributed by atoms with Crippen molar-refractivity contribution in [3.8, 4) is 0 Å². The molecule has 1 aliphatic heterocycles. The number of anilines is 1. The molecule has 1 aromatic carbocycles. The first-order valence-electron chi connectivity index (χ1n) is 10.6. The van der Waals surface area contributed by atoms with Gasteiger partial charge in [-0.05, 0) is 59.0 Å². The van der Waals surface area contributed by atoms with Gasteiger partial charge in [-0.15, -0.1) is 5.10 Å². The SMILES string of the molecule is CCc1c(Br)c(=O)n2nc(C3=CCOCC3)nc2n1CC(=O)Nc1cc(Cl)c(C(F)(F)F)cc1C. The molecule has 1 N–H and O–H groups in total. The van der Waals surface area contributed by atoms with Gasteiger partial charge in [0.2, 0.25) is 11.7 Å². The molecule has 35 heavy (non-hydrogen) atoms. The Morgan fingerprint density at radius 3 is 2.71 bits per heavy atom. The lowest BCUT2D eigenvalue weighted by atomic mass is 10.1. The van der Waals surface area contributed by atoms with Crippen LogP contribution in [0.5, 0.6) is 0 Å². The van der Waals surface area contributed by atoms with Gasteiger partial charge in [0.1, 0.15) is 11.0 Å². The van der Waals surface area contributed by atoms with Crippen molar-refractivity contribution in [2.45, 2.75) is 39.4 Å². The average molecular weight is 575 g/mol. The minimum atomic E-state index is -4.61. The molecule has 0 saturated heterocycles. The molecular weight excluding hydrogens is 555 g/mol. The predicted molar refractivity (Wildman–Crippen MR) is 128 cm³/mol. The number of ether oxygens (including phenoxy) is 1. The molecule has 13 heteroatoms. The lowest BCUT2D eigenvalue weighted by molar-refractivity contribution is -0.137. The Hall–Kier alpha value is -2.70. The zero-order chi connectivity index (χ0) is 25.5. The number of aromatic nitrogens is 4. The number of alkyl halides is 3. The van der Waals surface area contributed by atoms with E-state index in [4.69, 9.17) is 16.3 Å². The van der Waals surface area contributed by atoms with Gasteiger partial charge >= 0.3 is 6.18 Å². The number of rotatable bonds is 5. The Morgan fingerprint density at radius 1 is 1.34 bits per heavy atom. The third kappa shape index (κ3) is 5.00. The van der Waals surface area contributed by atoms with Crippen molar-refractivity contribution in [1.82, 2.24) is 19.2 Å². The summed E-state index contributed by atoms with van der Waals surface area (Å²) in [6.45, 7) is 3.93. The standard InChI is InChI=1S/C22H20BrClF3N5O3/c1-3-16-18(23)20(34)32-21(29-19(30-32)12-4-6-35-7-5-12)31(16)10-17(33)28-15-9-14(24)13(8-11(15)2)22(25,26)27/h4,8-9H,3,5-7,10H2,1-2H3,(H,28,33). The second-order valence-corrected chi connectivity index (χ2v) is 9.10. The van der Waals surface area contributed by atoms with E-state index in [9.17, 15) is 22.8 Å². The molecule has 0 unspecified atom stereocenters. The average Bonchev–Trinajstić information content (AvgIpc) is 3.25. The predicted octanol–water partition coefficient (Wildman–Crippen LogP) is 4.64. The van der Waals surface area contributed by atoms with E-state index in [1.807, 2.05) is 13.0 Å². The first-order valence-corrected chi connectivity index (χ1v) is 11.8. The Kier molecular flexibility index (Phi) is 7.07. The number of fused-ring (bicyclic) bond motifs is 1. The molecule has 3 aromatic rings. The van der Waals surface area contributed by atoms with Crippen molar-refractivity contribution in [1.29, 1.82) is 0 Å². The number of nitrogens with zero attached hydrogens (tertiary/aromatic N) is 4. The fraction of sp³-hybridized carbons (Fsp3) is 0.364. The Labute approximate surface area is 210 Å². The summed E-state index contributed by atoms with van der Waals surface area (Å²) in [4.78, 5) is 30.4. The van der Waals surface area contributed by atoms with Gasteiger partial charge in [-0.2, -0.15) is 22.7 Å². The summed E-state index contributed by atoms with van der Waals surface area (Å²) >= 11 is 9.13. The van der Waals surface area contributed by atoms with Gasteiger partial charge in [0, 0.05) is 11.4 Å². The third-order valence-electron chi connectivity index (χ3n) is 5.57. The van der Waals surface area contributed by atoms with Crippen LogP contribution in [0.2, 0.25) is 5.02 Å². The van der Waals surface area contributed by atoms with Crippen LogP contribution in [0.1, 0.15) is 36.0 Å². The van der Waals surface area contributed by atoms with E-state index in [1.54, 1.807) is 4.57 Å². The number of amides is 1. The summed E-state index contributed by atoms with van der Waals surface area (Å²) in [7, 11) is 0. The highest BCUT2D eigenvalue weighted by Crippen LogP contribution is 2.37. The summed E-state index contributed by atoms with van der Waals surface area (Å²) in [5.41, 5.74) is 0.321. The molecule has 0 radical (unpaired) electrons. The van der Waals surface area contributed by atoms with Gasteiger partial charge in [0.15, 0.2) is 5.82 Å². The second-order valence-electron chi connectivity index (χ2n) is 7.90. The van der Waals surface area contributed by atoms with Crippen molar-refractivity contribution in [3.63, 3.8) is 0 Å². The van der Waals surface area contributed by atoms with E-state index in [1.165, 1.54) is 6.92 Å². The van der Waals surface area contributed by atoms with E-state index in [0.717, 1.165) is 22.2 Å². The van der Waals surface area contributed by atoms with Crippen LogP contribution >= 0.6 is 27.5 Å². The smallest absolute Gasteiger partial charge is 0.377 e. The molecule has 0 bridgehead atoms. The summed E-state index contributed by atoms with van der Waals surface area (Å²) < 4.78 is 47.6. The van der Waals surface area contributed by atoms with Gasteiger partial charge < -0.3 is 14.6 Å². The van der Waals surface area contributed by atoms with Crippen LogP contribution in [0.25, 0.3) is 11.4 Å². The lowest BCUT2D eigenvalue weighted by Crippen LogP contribution is -2.28. The fourth-order valence-corrected chi connectivity index (χ4v) is 4.75. The maximum atomic E-state index is 13.1. The number of carbonyl (C=O) groups excluding carboxylic acids is 1. The quantitative estimate of drug-likeness (QED) is 0.480. The highest BCUT2D eigenvalue weighted by atomic mass is 79.9.